The van der Waals surface area contributed by atoms with Gasteiger partial charge in [-0.1, -0.05) is 0 Å². The maximum Gasteiger partial charge on any atom is 0.122 e. The largest absolute Gasteiger partial charge is 0.491 e. The lowest BCUT2D eigenvalue weighted by molar-refractivity contribution is 0.103. The molecule has 2 N–H and O–H groups in total. The number of furan rings is 1. The van der Waals surface area contributed by atoms with Gasteiger partial charge in [-0.25, -0.2) is 0 Å². The Labute approximate surface area is 154 Å². The number of ether oxygens (including phenoxy) is 1. The van der Waals surface area contributed by atoms with E-state index in [-0.39, 0.29) is 12.6 Å². The van der Waals surface area contributed by atoms with Gasteiger partial charge in [-0.05, 0) is 62.3 Å². The van der Waals surface area contributed by atoms with Crippen molar-refractivity contribution in [2.24, 2.45) is 0 Å². The van der Waals surface area contributed by atoms with Crippen LogP contribution >= 0.6 is 0 Å². The number of nitrogens with one attached hydrogen (secondary N) is 1. The van der Waals surface area contributed by atoms with E-state index >= 15 is 0 Å². The normalized spacial score (nSPS) is 16.9. The highest BCUT2D eigenvalue weighted by molar-refractivity contribution is 5.34. The molecule has 1 aliphatic rings. The molecule has 6 nitrogen and oxygen atoms in total. The number of nitrogens with zero attached hydrogens (tertiary/aromatic N) is 2. The summed E-state index contributed by atoms with van der Waals surface area (Å²) in [6.45, 7) is 3.53. The molecule has 1 saturated heterocycles. The number of benzene rings is 1. The van der Waals surface area contributed by atoms with Gasteiger partial charge in [0.15, 0.2) is 0 Å². The minimum Gasteiger partial charge on any atom is -0.491 e. The van der Waals surface area contributed by atoms with Crippen LogP contribution in [0, 0.1) is 11.3 Å². The molecule has 2 atom stereocenters. The van der Waals surface area contributed by atoms with E-state index in [4.69, 9.17) is 14.4 Å². The number of nitriles is 1. The third-order valence-electron chi connectivity index (χ3n) is 4.60. The first kappa shape index (κ1) is 18.5. The van der Waals surface area contributed by atoms with E-state index in [1.807, 2.05) is 12.1 Å². The molecule has 0 unspecified atom stereocenters. The van der Waals surface area contributed by atoms with Crippen molar-refractivity contribution in [3.05, 3.63) is 54.0 Å². The topological polar surface area (TPSA) is 81.7 Å². The zero-order valence-corrected chi connectivity index (χ0v) is 14.8. The second-order valence-electron chi connectivity index (χ2n) is 6.53. The average Bonchev–Trinajstić information content (AvgIpc) is 3.38. The van der Waals surface area contributed by atoms with Crippen LogP contribution in [-0.2, 0) is 0 Å². The lowest BCUT2D eigenvalue weighted by atomic mass is 10.2. The smallest absolute Gasteiger partial charge is 0.122 e. The van der Waals surface area contributed by atoms with Crippen LogP contribution in [0.4, 0.5) is 0 Å². The summed E-state index contributed by atoms with van der Waals surface area (Å²) in [4.78, 5) is 2.42. The van der Waals surface area contributed by atoms with Crippen LogP contribution in [0.1, 0.15) is 30.2 Å². The monoisotopic (exact) mass is 355 g/mol. The summed E-state index contributed by atoms with van der Waals surface area (Å²) < 4.78 is 11.2. The Balaban J connectivity index is 1.42. The number of hydrogen-bond donors (Lipinski definition) is 2. The van der Waals surface area contributed by atoms with E-state index in [2.05, 4.69) is 16.3 Å². The van der Waals surface area contributed by atoms with Crippen molar-refractivity contribution in [2.75, 3.05) is 32.8 Å². The van der Waals surface area contributed by atoms with E-state index < -0.39 is 6.10 Å². The molecule has 1 aromatic heterocycles. The van der Waals surface area contributed by atoms with Gasteiger partial charge in [0.05, 0.1) is 23.9 Å². The zero-order valence-electron chi connectivity index (χ0n) is 14.8. The van der Waals surface area contributed by atoms with E-state index in [0.717, 1.165) is 25.4 Å². The van der Waals surface area contributed by atoms with Crippen LogP contribution in [-0.4, -0.2) is 48.9 Å². The fraction of sp³-hybridized carbons (Fsp3) is 0.450. The van der Waals surface area contributed by atoms with Gasteiger partial charge >= 0.3 is 0 Å². The number of rotatable bonds is 9. The SMILES string of the molecule is N#Cc1ccc(OC[C@H](O)CNC[C@@H](c2ccco2)N2CCCC2)cc1. The minimum absolute atomic E-state index is 0.194. The maximum atomic E-state index is 10.1. The minimum atomic E-state index is -0.610. The first-order valence-corrected chi connectivity index (χ1v) is 9.05. The predicted molar refractivity (Wildman–Crippen MR) is 97.8 cm³/mol. The molecule has 26 heavy (non-hydrogen) atoms. The molecule has 2 heterocycles. The average molecular weight is 355 g/mol. The maximum absolute atomic E-state index is 10.1. The Bertz CT molecular complexity index is 688. The van der Waals surface area contributed by atoms with Crippen molar-refractivity contribution in [1.29, 1.82) is 5.26 Å². The zero-order chi connectivity index (χ0) is 18.2. The number of aliphatic hydroxyl groups excluding tert-OH is 1. The number of aliphatic hydroxyl groups is 1. The summed E-state index contributed by atoms with van der Waals surface area (Å²) in [7, 11) is 0. The van der Waals surface area contributed by atoms with Gasteiger partial charge < -0.3 is 19.6 Å². The summed E-state index contributed by atoms with van der Waals surface area (Å²) in [6, 6.07) is 13.1. The van der Waals surface area contributed by atoms with Crippen LogP contribution in [0.25, 0.3) is 0 Å². The van der Waals surface area contributed by atoms with Crippen molar-refractivity contribution >= 4 is 0 Å². The fourth-order valence-corrected chi connectivity index (χ4v) is 3.21. The molecular formula is C20H25N3O3. The van der Waals surface area contributed by atoms with Crippen LogP contribution in [0.5, 0.6) is 5.75 Å². The molecule has 2 aromatic rings. The second-order valence-corrected chi connectivity index (χ2v) is 6.53. The van der Waals surface area contributed by atoms with Gasteiger partial charge in [-0.15, -0.1) is 0 Å². The van der Waals surface area contributed by atoms with Crippen LogP contribution in [0.3, 0.4) is 0 Å². The van der Waals surface area contributed by atoms with Crippen molar-refractivity contribution in [3.8, 4) is 11.8 Å². The van der Waals surface area contributed by atoms with Gasteiger partial charge in [-0.2, -0.15) is 5.26 Å². The van der Waals surface area contributed by atoms with E-state index in [9.17, 15) is 5.11 Å². The van der Waals surface area contributed by atoms with E-state index in [0.29, 0.717) is 17.9 Å². The number of hydrogen-bond acceptors (Lipinski definition) is 6. The summed E-state index contributed by atoms with van der Waals surface area (Å²) in [5, 5.41) is 22.3. The lowest BCUT2D eigenvalue weighted by Crippen LogP contribution is -2.38. The molecule has 6 heteroatoms. The van der Waals surface area contributed by atoms with Gasteiger partial charge in [0.25, 0.3) is 0 Å². The third kappa shape index (κ3) is 5.09. The highest BCUT2D eigenvalue weighted by atomic mass is 16.5. The summed E-state index contributed by atoms with van der Waals surface area (Å²) in [5.41, 5.74) is 0.588. The molecule has 0 bridgehead atoms. The highest BCUT2D eigenvalue weighted by Crippen LogP contribution is 2.24. The molecule has 0 radical (unpaired) electrons. The first-order chi connectivity index (χ1) is 12.8. The molecule has 0 saturated carbocycles. The van der Waals surface area contributed by atoms with Crippen molar-refractivity contribution < 1.29 is 14.3 Å². The Morgan fingerprint density at radius 3 is 2.62 bits per heavy atom. The summed E-state index contributed by atoms with van der Waals surface area (Å²) in [5.74, 6) is 1.61. The van der Waals surface area contributed by atoms with Gasteiger partial charge in [0, 0.05) is 13.1 Å². The predicted octanol–water partition coefficient (Wildman–Crippen LogP) is 2.32. The number of likely N-dealkylation sites (tertiary alicyclic amines) is 1. The van der Waals surface area contributed by atoms with Crippen LogP contribution in [0.2, 0.25) is 0 Å². The lowest BCUT2D eigenvalue weighted by Gasteiger charge is -2.26. The molecule has 0 aliphatic carbocycles. The second kappa shape index (κ2) is 9.39. The van der Waals surface area contributed by atoms with Crippen molar-refractivity contribution in [1.82, 2.24) is 10.2 Å². The third-order valence-corrected chi connectivity index (χ3v) is 4.60. The van der Waals surface area contributed by atoms with E-state index in [1.165, 1.54) is 12.8 Å². The Kier molecular flexibility index (Phi) is 6.67. The van der Waals surface area contributed by atoms with Crippen molar-refractivity contribution in [2.45, 2.75) is 25.0 Å². The van der Waals surface area contributed by atoms with Gasteiger partial charge in [0.1, 0.15) is 24.2 Å². The van der Waals surface area contributed by atoms with Crippen LogP contribution < -0.4 is 10.1 Å². The van der Waals surface area contributed by atoms with Gasteiger partial charge in [-0.3, -0.25) is 4.90 Å². The Morgan fingerprint density at radius 2 is 1.96 bits per heavy atom. The molecule has 0 amide bonds. The molecule has 1 aliphatic heterocycles. The standard InChI is InChI=1S/C20H25N3O3/c21-12-16-5-7-18(8-6-16)26-15-17(24)13-22-14-19(20-4-3-11-25-20)23-9-1-2-10-23/h3-8,11,17,19,22,24H,1-2,9-10,13-15H2/t17-,19+/m1/s1. The van der Waals surface area contributed by atoms with E-state index in [1.54, 1.807) is 30.5 Å². The van der Waals surface area contributed by atoms with Crippen LogP contribution in [0.15, 0.2) is 47.1 Å². The highest BCUT2D eigenvalue weighted by Gasteiger charge is 2.25. The summed E-state index contributed by atoms with van der Waals surface area (Å²) >= 11 is 0. The van der Waals surface area contributed by atoms with Gasteiger partial charge in [0.2, 0.25) is 0 Å². The Morgan fingerprint density at radius 1 is 1.19 bits per heavy atom. The van der Waals surface area contributed by atoms with Crippen molar-refractivity contribution in [3.63, 3.8) is 0 Å². The molecule has 1 fully saturated rings. The fourth-order valence-electron chi connectivity index (χ4n) is 3.21. The molecular weight excluding hydrogens is 330 g/mol. The first-order valence-electron chi connectivity index (χ1n) is 9.05. The Hall–Kier alpha value is -2.33. The quantitative estimate of drug-likeness (QED) is 0.718. The molecule has 0 spiro atoms. The molecule has 3 rings (SSSR count). The summed E-state index contributed by atoms with van der Waals surface area (Å²) in [6.07, 6.45) is 3.54. The molecule has 138 valence electrons. The molecule has 1 aromatic carbocycles.